The first-order valence-corrected chi connectivity index (χ1v) is 7.82. The van der Waals surface area contributed by atoms with E-state index in [1.165, 1.54) is 30.3 Å². The molecule has 2 N–H and O–H groups in total. The maximum absolute atomic E-state index is 12.6. The fourth-order valence-electron chi connectivity index (χ4n) is 2.18. The van der Waals surface area contributed by atoms with E-state index in [-0.39, 0.29) is 22.0 Å². The van der Waals surface area contributed by atoms with Gasteiger partial charge in [-0.05, 0) is 36.8 Å². The Balaban J connectivity index is 2.55. The van der Waals surface area contributed by atoms with E-state index in [1.54, 1.807) is 25.1 Å². The molecule has 0 aliphatic heterocycles. The van der Waals surface area contributed by atoms with Gasteiger partial charge in [-0.3, -0.25) is 0 Å². The van der Waals surface area contributed by atoms with Gasteiger partial charge in [-0.25, -0.2) is 8.42 Å². The van der Waals surface area contributed by atoms with Crippen molar-refractivity contribution in [1.82, 2.24) is 0 Å². The second-order valence-corrected chi connectivity index (χ2v) is 6.63. The summed E-state index contributed by atoms with van der Waals surface area (Å²) in [6.07, 6.45) is 0.300. The molecule has 1 unspecified atom stereocenters. The van der Waals surface area contributed by atoms with E-state index in [1.807, 2.05) is 0 Å². The van der Waals surface area contributed by atoms with Gasteiger partial charge < -0.3 is 10.2 Å². The van der Waals surface area contributed by atoms with Crippen LogP contribution < -0.4 is 0 Å². The second kappa shape index (κ2) is 5.54. The minimum absolute atomic E-state index is 0.0699. The standard InChI is InChI=1S/C15H16O4S/c1-2-15(13-10-11(16)8-9-14(13)17)20(18,19)12-6-4-3-5-7-12/h3-10,15-17H,2H2,1H3. The molecular weight excluding hydrogens is 276 g/mol. The molecule has 0 fully saturated rings. The van der Waals surface area contributed by atoms with E-state index < -0.39 is 15.1 Å². The Labute approximate surface area is 118 Å². The van der Waals surface area contributed by atoms with Gasteiger partial charge in [0.1, 0.15) is 11.5 Å². The van der Waals surface area contributed by atoms with E-state index in [4.69, 9.17) is 0 Å². The first kappa shape index (κ1) is 14.4. The summed E-state index contributed by atoms with van der Waals surface area (Å²) in [6.45, 7) is 1.73. The highest BCUT2D eigenvalue weighted by molar-refractivity contribution is 7.91. The number of hydrogen-bond acceptors (Lipinski definition) is 4. The van der Waals surface area contributed by atoms with Crippen LogP contribution in [0.2, 0.25) is 0 Å². The fourth-order valence-corrected chi connectivity index (χ4v) is 4.01. The molecule has 0 aliphatic rings. The normalized spacial score (nSPS) is 13.1. The average Bonchev–Trinajstić information content (AvgIpc) is 2.44. The van der Waals surface area contributed by atoms with Crippen LogP contribution in [0, 0.1) is 0 Å². The molecule has 106 valence electrons. The largest absolute Gasteiger partial charge is 0.508 e. The highest BCUT2D eigenvalue weighted by atomic mass is 32.2. The Hall–Kier alpha value is -2.01. The van der Waals surface area contributed by atoms with E-state index in [0.29, 0.717) is 6.42 Å². The zero-order valence-corrected chi connectivity index (χ0v) is 11.8. The van der Waals surface area contributed by atoms with Gasteiger partial charge in [-0.15, -0.1) is 0 Å². The van der Waals surface area contributed by atoms with E-state index >= 15 is 0 Å². The predicted molar refractivity (Wildman–Crippen MR) is 76.4 cm³/mol. The van der Waals surface area contributed by atoms with Crippen LogP contribution in [0.25, 0.3) is 0 Å². The van der Waals surface area contributed by atoms with Crippen molar-refractivity contribution < 1.29 is 18.6 Å². The van der Waals surface area contributed by atoms with Gasteiger partial charge in [0, 0.05) is 5.56 Å². The predicted octanol–water partition coefficient (Wildman–Crippen LogP) is 3.02. The van der Waals surface area contributed by atoms with Crippen molar-refractivity contribution in [1.29, 1.82) is 0 Å². The number of hydrogen-bond donors (Lipinski definition) is 2. The topological polar surface area (TPSA) is 74.6 Å². The molecular formula is C15H16O4S. The first-order valence-electron chi connectivity index (χ1n) is 6.27. The van der Waals surface area contributed by atoms with E-state index in [0.717, 1.165) is 0 Å². The molecule has 0 aromatic heterocycles. The Morgan fingerprint density at radius 3 is 2.30 bits per heavy atom. The summed E-state index contributed by atoms with van der Waals surface area (Å²) >= 11 is 0. The van der Waals surface area contributed by atoms with Crippen LogP contribution in [0.5, 0.6) is 11.5 Å². The highest BCUT2D eigenvalue weighted by Gasteiger charge is 2.29. The maximum atomic E-state index is 12.6. The Morgan fingerprint density at radius 1 is 1.05 bits per heavy atom. The van der Waals surface area contributed by atoms with Crippen molar-refractivity contribution in [3.8, 4) is 11.5 Å². The third-order valence-corrected chi connectivity index (χ3v) is 5.44. The highest BCUT2D eigenvalue weighted by Crippen LogP contribution is 2.37. The van der Waals surface area contributed by atoms with Crippen molar-refractivity contribution in [3.05, 3.63) is 54.1 Å². The smallest absolute Gasteiger partial charge is 0.185 e. The van der Waals surface area contributed by atoms with E-state index in [9.17, 15) is 18.6 Å². The summed E-state index contributed by atoms with van der Waals surface area (Å²) in [7, 11) is -3.61. The summed E-state index contributed by atoms with van der Waals surface area (Å²) in [5.41, 5.74) is 0.219. The molecule has 2 aromatic rings. The third-order valence-electron chi connectivity index (χ3n) is 3.18. The lowest BCUT2D eigenvalue weighted by molar-refractivity contribution is 0.451. The quantitative estimate of drug-likeness (QED) is 0.849. The Bertz CT molecular complexity index is 693. The Morgan fingerprint density at radius 2 is 1.70 bits per heavy atom. The fraction of sp³-hybridized carbons (Fsp3) is 0.200. The van der Waals surface area contributed by atoms with Crippen molar-refractivity contribution in [2.75, 3.05) is 0 Å². The molecule has 0 bridgehead atoms. The van der Waals surface area contributed by atoms with Crippen molar-refractivity contribution >= 4 is 9.84 Å². The maximum Gasteiger partial charge on any atom is 0.185 e. The van der Waals surface area contributed by atoms with Crippen molar-refractivity contribution in [3.63, 3.8) is 0 Å². The zero-order chi connectivity index (χ0) is 14.8. The third kappa shape index (κ3) is 2.63. The molecule has 0 saturated heterocycles. The van der Waals surface area contributed by atoms with Gasteiger partial charge in [0.2, 0.25) is 0 Å². The van der Waals surface area contributed by atoms with Crippen LogP contribution >= 0.6 is 0 Å². The minimum Gasteiger partial charge on any atom is -0.508 e. The minimum atomic E-state index is -3.61. The summed E-state index contributed by atoms with van der Waals surface area (Å²) < 4.78 is 25.3. The summed E-state index contributed by atoms with van der Waals surface area (Å²) in [5, 5.41) is 18.5. The van der Waals surface area contributed by atoms with Crippen molar-refractivity contribution in [2.24, 2.45) is 0 Å². The molecule has 0 amide bonds. The van der Waals surface area contributed by atoms with Crippen LogP contribution in [0.3, 0.4) is 0 Å². The summed E-state index contributed by atoms with van der Waals surface area (Å²) in [4.78, 5) is 0.203. The molecule has 5 heteroatoms. The van der Waals surface area contributed by atoms with Gasteiger partial charge in [-0.1, -0.05) is 25.1 Å². The SMILES string of the molecule is CCC(c1cc(O)ccc1O)S(=O)(=O)c1ccccc1. The van der Waals surface area contributed by atoms with Gasteiger partial charge in [0.25, 0.3) is 0 Å². The van der Waals surface area contributed by atoms with Crippen LogP contribution in [-0.4, -0.2) is 18.6 Å². The van der Waals surface area contributed by atoms with Crippen LogP contribution in [0.4, 0.5) is 0 Å². The van der Waals surface area contributed by atoms with Crippen LogP contribution in [0.15, 0.2) is 53.4 Å². The lowest BCUT2D eigenvalue weighted by atomic mass is 10.1. The summed E-state index contributed by atoms with van der Waals surface area (Å²) in [5.74, 6) is -0.200. The zero-order valence-electron chi connectivity index (χ0n) is 11.0. The molecule has 0 saturated carbocycles. The molecule has 0 aliphatic carbocycles. The number of phenolic OH excluding ortho intramolecular Hbond substituents is 2. The molecule has 0 heterocycles. The monoisotopic (exact) mass is 292 g/mol. The number of sulfone groups is 1. The molecule has 0 spiro atoms. The molecule has 0 radical (unpaired) electrons. The van der Waals surface area contributed by atoms with Crippen molar-refractivity contribution in [2.45, 2.75) is 23.5 Å². The van der Waals surface area contributed by atoms with Crippen LogP contribution in [0.1, 0.15) is 24.2 Å². The van der Waals surface area contributed by atoms with Gasteiger partial charge in [0.05, 0.1) is 10.1 Å². The van der Waals surface area contributed by atoms with Gasteiger partial charge in [-0.2, -0.15) is 0 Å². The number of benzene rings is 2. The van der Waals surface area contributed by atoms with Gasteiger partial charge in [0.15, 0.2) is 9.84 Å². The summed E-state index contributed by atoms with van der Waals surface area (Å²) in [6, 6.07) is 12.0. The lowest BCUT2D eigenvalue weighted by Crippen LogP contribution is -2.13. The molecule has 1 atom stereocenters. The number of rotatable bonds is 4. The Kier molecular flexibility index (Phi) is 3.99. The molecule has 4 nitrogen and oxygen atoms in total. The number of phenols is 2. The molecule has 2 rings (SSSR count). The molecule has 20 heavy (non-hydrogen) atoms. The number of aromatic hydroxyl groups is 2. The van der Waals surface area contributed by atoms with Crippen LogP contribution in [-0.2, 0) is 9.84 Å². The van der Waals surface area contributed by atoms with Gasteiger partial charge >= 0.3 is 0 Å². The lowest BCUT2D eigenvalue weighted by Gasteiger charge is -2.18. The average molecular weight is 292 g/mol. The first-order chi connectivity index (χ1) is 9.46. The molecule has 2 aromatic carbocycles. The van der Waals surface area contributed by atoms with E-state index in [2.05, 4.69) is 0 Å². The second-order valence-electron chi connectivity index (χ2n) is 4.50.